The highest BCUT2D eigenvalue weighted by atomic mass is 16.6. The predicted octanol–water partition coefficient (Wildman–Crippen LogP) is 4.26. The van der Waals surface area contributed by atoms with Gasteiger partial charge in [0.25, 0.3) is 0 Å². The van der Waals surface area contributed by atoms with Crippen molar-refractivity contribution in [2.75, 3.05) is 0 Å². The number of carbonyl (C=O) groups excluding carboxylic acids is 2. The molecule has 0 aromatic heterocycles. The molecule has 2 aromatic rings. The highest BCUT2D eigenvalue weighted by Crippen LogP contribution is 2.32. The van der Waals surface area contributed by atoms with Gasteiger partial charge in [0.2, 0.25) is 0 Å². The third-order valence-electron chi connectivity index (χ3n) is 3.48. The fourth-order valence-corrected chi connectivity index (χ4v) is 2.39. The van der Waals surface area contributed by atoms with Gasteiger partial charge in [-0.05, 0) is 25.0 Å². The van der Waals surface area contributed by atoms with Gasteiger partial charge in [0.15, 0.2) is 11.5 Å². The molecular weight excluding hydrogens is 304 g/mol. The maximum absolute atomic E-state index is 11.6. The van der Waals surface area contributed by atoms with Gasteiger partial charge in [-0.25, -0.2) is 0 Å². The highest BCUT2D eigenvalue weighted by Gasteiger charge is 2.21. The lowest BCUT2D eigenvalue weighted by atomic mass is 10.0. The summed E-state index contributed by atoms with van der Waals surface area (Å²) >= 11 is 0. The summed E-state index contributed by atoms with van der Waals surface area (Å²) in [7, 11) is 0. The van der Waals surface area contributed by atoms with Crippen molar-refractivity contribution in [3.8, 4) is 0 Å². The van der Waals surface area contributed by atoms with Crippen molar-refractivity contribution in [1.82, 2.24) is 0 Å². The van der Waals surface area contributed by atoms with Crippen molar-refractivity contribution in [3.63, 3.8) is 0 Å². The summed E-state index contributed by atoms with van der Waals surface area (Å²) in [6.45, 7) is 6.45. The second-order valence-corrected chi connectivity index (χ2v) is 5.48. The molecule has 4 heteroatoms. The third kappa shape index (κ3) is 4.10. The molecule has 0 fully saturated rings. The molecule has 0 amide bonds. The molecule has 0 saturated carbocycles. The molecule has 124 valence electrons. The summed E-state index contributed by atoms with van der Waals surface area (Å²) in [6, 6.07) is 14.9. The van der Waals surface area contributed by atoms with Gasteiger partial charge in [0, 0.05) is 25.0 Å². The summed E-state index contributed by atoms with van der Waals surface area (Å²) in [6.07, 6.45) is 0. The van der Waals surface area contributed by atoms with E-state index in [0.717, 1.165) is 11.1 Å². The van der Waals surface area contributed by atoms with Gasteiger partial charge in [-0.15, -0.1) is 0 Å². The molecule has 2 aromatic carbocycles. The van der Waals surface area contributed by atoms with E-state index in [-0.39, 0.29) is 11.5 Å². The number of hydrogen-bond acceptors (Lipinski definition) is 4. The van der Waals surface area contributed by atoms with Crippen LogP contribution in [0.15, 0.2) is 48.5 Å². The molecule has 0 aliphatic rings. The zero-order valence-electron chi connectivity index (χ0n) is 14.3. The van der Waals surface area contributed by atoms with Crippen molar-refractivity contribution in [2.45, 2.75) is 27.7 Å². The van der Waals surface area contributed by atoms with Crippen molar-refractivity contribution in [1.29, 1.82) is 0 Å². The van der Waals surface area contributed by atoms with E-state index >= 15 is 0 Å². The SMILES string of the molecule is CC(=O)OC(=C(OC(C)=O)c1ccccc1C)c1ccccc1C. The quantitative estimate of drug-likeness (QED) is 0.479. The van der Waals surface area contributed by atoms with E-state index in [9.17, 15) is 9.59 Å². The summed E-state index contributed by atoms with van der Waals surface area (Å²) in [5, 5.41) is 0. The van der Waals surface area contributed by atoms with E-state index in [1.54, 1.807) is 0 Å². The first-order valence-corrected chi connectivity index (χ1v) is 7.63. The van der Waals surface area contributed by atoms with E-state index in [1.807, 2.05) is 62.4 Å². The largest absolute Gasteiger partial charge is 0.422 e. The number of rotatable bonds is 4. The summed E-state index contributed by atoms with van der Waals surface area (Å²) in [5.74, 6) is -0.479. The topological polar surface area (TPSA) is 52.6 Å². The standard InChI is InChI=1S/C20H20O4/c1-13-9-5-7-11-17(13)19(23-15(3)21)20(24-16(4)22)18-12-8-6-10-14(18)2/h5-12H,1-4H3. The molecule has 0 saturated heterocycles. The maximum Gasteiger partial charge on any atom is 0.308 e. The van der Waals surface area contributed by atoms with Crippen LogP contribution in [0.1, 0.15) is 36.1 Å². The number of hydrogen-bond donors (Lipinski definition) is 0. The van der Waals surface area contributed by atoms with Gasteiger partial charge in [-0.1, -0.05) is 48.5 Å². The minimum atomic E-state index is -0.480. The van der Waals surface area contributed by atoms with Crippen LogP contribution in [-0.4, -0.2) is 11.9 Å². The maximum atomic E-state index is 11.6. The first-order chi connectivity index (χ1) is 11.4. The molecule has 0 N–H and O–H groups in total. The first kappa shape index (κ1) is 17.5. The highest BCUT2D eigenvalue weighted by molar-refractivity contribution is 5.93. The predicted molar refractivity (Wildman–Crippen MR) is 92.7 cm³/mol. The Balaban J connectivity index is 2.78. The first-order valence-electron chi connectivity index (χ1n) is 7.63. The van der Waals surface area contributed by atoms with Crippen LogP contribution in [0.4, 0.5) is 0 Å². The van der Waals surface area contributed by atoms with E-state index in [1.165, 1.54) is 13.8 Å². The number of ether oxygens (including phenoxy) is 2. The van der Waals surface area contributed by atoms with Crippen molar-refractivity contribution >= 4 is 23.5 Å². The summed E-state index contributed by atoms with van der Waals surface area (Å²) in [4.78, 5) is 23.3. The number of benzene rings is 2. The zero-order valence-corrected chi connectivity index (χ0v) is 14.3. The molecule has 4 nitrogen and oxygen atoms in total. The minimum absolute atomic E-state index is 0.241. The molecule has 0 bridgehead atoms. The Hall–Kier alpha value is -2.88. The second-order valence-electron chi connectivity index (χ2n) is 5.48. The van der Waals surface area contributed by atoms with E-state index in [0.29, 0.717) is 11.1 Å². The van der Waals surface area contributed by atoms with Gasteiger partial charge >= 0.3 is 11.9 Å². The molecule has 0 aliphatic heterocycles. The molecular formula is C20H20O4. The molecule has 0 atom stereocenters. The van der Waals surface area contributed by atoms with Gasteiger partial charge in [-0.3, -0.25) is 9.59 Å². The minimum Gasteiger partial charge on any atom is -0.422 e. The van der Waals surface area contributed by atoms with Crippen molar-refractivity contribution < 1.29 is 19.1 Å². The Morgan fingerprint density at radius 3 is 1.29 bits per heavy atom. The average molecular weight is 324 g/mol. The molecule has 0 unspecified atom stereocenters. The molecule has 24 heavy (non-hydrogen) atoms. The van der Waals surface area contributed by atoms with Crippen molar-refractivity contribution in [2.24, 2.45) is 0 Å². The normalized spacial score (nSPS) is 11.5. The second kappa shape index (κ2) is 7.59. The zero-order chi connectivity index (χ0) is 17.7. The Labute approximate surface area is 141 Å². The van der Waals surface area contributed by atoms with Crippen LogP contribution in [0, 0.1) is 13.8 Å². The van der Waals surface area contributed by atoms with Crippen LogP contribution in [0.3, 0.4) is 0 Å². The fourth-order valence-electron chi connectivity index (χ4n) is 2.39. The van der Waals surface area contributed by atoms with Crippen LogP contribution in [0.2, 0.25) is 0 Å². The summed E-state index contributed by atoms with van der Waals surface area (Å²) < 4.78 is 10.9. The lowest BCUT2D eigenvalue weighted by Crippen LogP contribution is -2.08. The Bertz CT molecular complexity index is 735. The van der Waals surface area contributed by atoms with E-state index in [4.69, 9.17) is 9.47 Å². The Morgan fingerprint density at radius 1 is 0.667 bits per heavy atom. The van der Waals surface area contributed by atoms with Gasteiger partial charge in [0.1, 0.15) is 0 Å². The molecule has 0 heterocycles. The fraction of sp³-hybridized carbons (Fsp3) is 0.200. The smallest absolute Gasteiger partial charge is 0.308 e. The summed E-state index contributed by atoms with van der Waals surface area (Å²) in [5.41, 5.74) is 3.22. The van der Waals surface area contributed by atoms with Gasteiger partial charge in [-0.2, -0.15) is 0 Å². The average Bonchev–Trinajstić information content (AvgIpc) is 2.52. The molecule has 0 aliphatic carbocycles. The van der Waals surface area contributed by atoms with E-state index in [2.05, 4.69) is 0 Å². The molecule has 0 spiro atoms. The van der Waals surface area contributed by atoms with Crippen molar-refractivity contribution in [3.05, 3.63) is 70.8 Å². The number of esters is 2. The molecule has 2 rings (SSSR count). The lowest BCUT2D eigenvalue weighted by molar-refractivity contribution is -0.136. The Kier molecular flexibility index (Phi) is 5.53. The van der Waals surface area contributed by atoms with Crippen LogP contribution < -0.4 is 0 Å². The van der Waals surface area contributed by atoms with Gasteiger partial charge in [0.05, 0.1) is 0 Å². The number of carbonyl (C=O) groups is 2. The van der Waals surface area contributed by atoms with Crippen LogP contribution >= 0.6 is 0 Å². The Morgan fingerprint density at radius 2 is 1.00 bits per heavy atom. The van der Waals surface area contributed by atoms with Gasteiger partial charge < -0.3 is 9.47 Å². The van der Waals surface area contributed by atoms with Crippen LogP contribution in [-0.2, 0) is 19.1 Å². The van der Waals surface area contributed by atoms with Crippen LogP contribution in [0.25, 0.3) is 11.5 Å². The molecule has 0 radical (unpaired) electrons. The van der Waals surface area contributed by atoms with Crippen LogP contribution in [0.5, 0.6) is 0 Å². The monoisotopic (exact) mass is 324 g/mol. The van der Waals surface area contributed by atoms with E-state index < -0.39 is 11.9 Å². The lowest BCUT2D eigenvalue weighted by Gasteiger charge is -2.17. The third-order valence-corrected chi connectivity index (χ3v) is 3.48. The number of aryl methyl sites for hydroxylation is 2.